The van der Waals surface area contributed by atoms with Crippen LogP contribution in [0.5, 0.6) is 17.2 Å². The minimum absolute atomic E-state index is 0.102. The van der Waals surface area contributed by atoms with E-state index < -0.39 is 35.4 Å². The summed E-state index contributed by atoms with van der Waals surface area (Å²) in [5.41, 5.74) is 2.56. The second-order valence-electron chi connectivity index (χ2n) is 10.7. The van der Waals surface area contributed by atoms with Gasteiger partial charge in [-0.15, -0.1) is 0 Å². The first-order valence-electron chi connectivity index (χ1n) is 14.8. The van der Waals surface area contributed by atoms with Gasteiger partial charge in [0.15, 0.2) is 0 Å². The van der Waals surface area contributed by atoms with Crippen LogP contribution in [-0.4, -0.2) is 87.2 Å². The molecule has 6 N–H and O–H groups in total. The van der Waals surface area contributed by atoms with Crippen molar-refractivity contribution in [1.29, 1.82) is 0 Å². The average molecular weight is 610 g/mol. The maximum Gasteiger partial charge on any atom is 0.140 e. The highest BCUT2D eigenvalue weighted by atomic mass is 16.3. The maximum atomic E-state index is 11.2. The van der Waals surface area contributed by atoms with Crippen LogP contribution in [0.15, 0.2) is 106 Å². The van der Waals surface area contributed by atoms with Crippen molar-refractivity contribution in [3.63, 3.8) is 0 Å². The van der Waals surface area contributed by atoms with E-state index in [0.717, 1.165) is 16.7 Å². The number of aliphatic hydroxyl groups excluding tert-OH is 3. The van der Waals surface area contributed by atoms with Crippen molar-refractivity contribution >= 4 is 18.6 Å². The van der Waals surface area contributed by atoms with E-state index in [1.54, 1.807) is 0 Å². The zero-order valence-corrected chi connectivity index (χ0v) is 24.9. The second kappa shape index (κ2) is 16.9. The lowest BCUT2D eigenvalue weighted by molar-refractivity contribution is 0.266. The quantitative estimate of drug-likeness (QED) is 0.112. The molecule has 0 aliphatic rings. The molecule has 0 unspecified atom stereocenters. The minimum Gasteiger partial charge on any atom is -0.506 e. The van der Waals surface area contributed by atoms with Gasteiger partial charge in [-0.2, -0.15) is 0 Å². The highest BCUT2D eigenvalue weighted by molar-refractivity contribution is 6.03. The third kappa shape index (κ3) is 9.33. The number of nitrogens with zero attached hydrogens (tertiary/aromatic N) is 3. The van der Waals surface area contributed by atoms with Crippen molar-refractivity contribution in [2.75, 3.05) is 19.8 Å². The summed E-state index contributed by atoms with van der Waals surface area (Å²) in [6.45, 7) is -0.825. The summed E-state index contributed by atoms with van der Waals surface area (Å²) >= 11 is 0. The molecule has 0 aromatic heterocycles. The van der Waals surface area contributed by atoms with Gasteiger partial charge in [0.05, 0.1) is 54.6 Å². The smallest absolute Gasteiger partial charge is 0.140 e. The van der Waals surface area contributed by atoms with Crippen LogP contribution in [0, 0.1) is 0 Å². The lowest BCUT2D eigenvalue weighted by atomic mass is 10.0. The monoisotopic (exact) mass is 609 g/mol. The molecule has 0 aliphatic carbocycles. The zero-order chi connectivity index (χ0) is 32.0. The Bertz CT molecular complexity index is 1370. The van der Waals surface area contributed by atoms with Gasteiger partial charge in [0, 0.05) is 18.6 Å². The summed E-state index contributed by atoms with van der Waals surface area (Å²) in [6.07, 6.45) is 5.03. The highest BCUT2D eigenvalue weighted by Crippen LogP contribution is 2.39. The van der Waals surface area contributed by atoms with Gasteiger partial charge < -0.3 is 30.6 Å². The van der Waals surface area contributed by atoms with Gasteiger partial charge in [-0.05, 0) is 36.0 Å². The van der Waals surface area contributed by atoms with E-state index >= 15 is 0 Å². The minimum atomic E-state index is -0.566. The Morgan fingerprint density at radius 1 is 0.422 bits per heavy atom. The fourth-order valence-corrected chi connectivity index (χ4v) is 4.83. The summed E-state index contributed by atoms with van der Waals surface area (Å²) in [5.74, 6) is -1.44. The number of phenolic OH excluding ortho intramolecular Hbond substituents is 3. The molecule has 0 bridgehead atoms. The van der Waals surface area contributed by atoms with Gasteiger partial charge in [-0.3, -0.25) is 15.0 Å². The predicted molar refractivity (Wildman–Crippen MR) is 177 cm³/mol. The SMILES string of the molecule is OC[C@H](Cc1ccccc1)N=Cc1c(O)c(C=N[C@H](CO)Cc2ccccc2)c(O)c(C=N[C@H](CO)Cc2ccccc2)c1O. The number of hydrogen-bond donors (Lipinski definition) is 6. The predicted octanol–water partition coefficient (Wildman–Crippen LogP) is 3.87. The summed E-state index contributed by atoms with van der Waals surface area (Å²) < 4.78 is 0. The first-order chi connectivity index (χ1) is 21.9. The van der Waals surface area contributed by atoms with Crippen LogP contribution in [-0.2, 0) is 19.3 Å². The molecule has 9 nitrogen and oxygen atoms in total. The normalized spacial score (nSPS) is 13.9. The first kappa shape index (κ1) is 33.1. The molecule has 234 valence electrons. The van der Waals surface area contributed by atoms with E-state index in [4.69, 9.17) is 0 Å². The number of phenols is 3. The number of rotatable bonds is 15. The van der Waals surface area contributed by atoms with Crippen LogP contribution in [0.2, 0.25) is 0 Å². The molecule has 3 atom stereocenters. The van der Waals surface area contributed by atoms with E-state index in [0.29, 0.717) is 19.3 Å². The highest BCUT2D eigenvalue weighted by Gasteiger charge is 2.22. The summed E-state index contributed by atoms with van der Waals surface area (Å²) in [6, 6.07) is 26.8. The molecule has 4 aromatic carbocycles. The van der Waals surface area contributed by atoms with Crippen LogP contribution in [0.25, 0.3) is 0 Å². The Morgan fingerprint density at radius 2 is 0.667 bits per heavy atom. The van der Waals surface area contributed by atoms with Crippen LogP contribution in [0.4, 0.5) is 0 Å². The van der Waals surface area contributed by atoms with E-state index in [1.165, 1.54) is 18.6 Å². The molecule has 0 aliphatic heterocycles. The molecule has 0 spiro atoms. The summed E-state index contributed by atoms with van der Waals surface area (Å²) in [7, 11) is 0. The van der Waals surface area contributed by atoms with Crippen molar-refractivity contribution in [2.24, 2.45) is 15.0 Å². The van der Waals surface area contributed by atoms with Gasteiger partial charge in [0.1, 0.15) is 17.2 Å². The van der Waals surface area contributed by atoms with Crippen LogP contribution < -0.4 is 0 Å². The molecule has 0 fully saturated rings. The van der Waals surface area contributed by atoms with Crippen LogP contribution >= 0.6 is 0 Å². The Balaban J connectivity index is 1.71. The molecule has 4 aromatic rings. The van der Waals surface area contributed by atoms with E-state index in [-0.39, 0.29) is 36.5 Å². The first-order valence-corrected chi connectivity index (χ1v) is 14.8. The summed E-state index contributed by atoms with van der Waals surface area (Å²) in [4.78, 5) is 13.3. The van der Waals surface area contributed by atoms with Gasteiger partial charge in [-0.1, -0.05) is 91.0 Å². The van der Waals surface area contributed by atoms with Crippen LogP contribution in [0.3, 0.4) is 0 Å². The Hall–Kier alpha value is -4.83. The number of benzene rings is 4. The largest absolute Gasteiger partial charge is 0.506 e. The van der Waals surface area contributed by atoms with Gasteiger partial charge >= 0.3 is 0 Å². The standard InChI is InChI=1S/C36H39N3O6/c40-22-28(16-25-10-4-1-5-11-25)37-19-31-34(43)32(20-38-29(23-41)17-26-12-6-2-7-13-26)36(45)33(35(31)44)21-39-30(24-42)18-27-14-8-3-9-15-27/h1-15,19-21,28-30,40-45H,16-18,22-24H2/t28-,29-,30-/m0/s1. The lowest BCUT2D eigenvalue weighted by Gasteiger charge is -2.15. The third-order valence-corrected chi connectivity index (χ3v) is 7.35. The van der Waals surface area contributed by atoms with Crippen molar-refractivity contribution in [3.05, 3.63) is 124 Å². The molecule has 0 heterocycles. The fraction of sp³-hybridized carbons (Fsp3) is 0.250. The van der Waals surface area contributed by atoms with Gasteiger partial charge in [-0.25, -0.2) is 0 Å². The summed E-state index contributed by atoms with van der Waals surface area (Å²) in [5, 5.41) is 63.6. The van der Waals surface area contributed by atoms with Crippen molar-refractivity contribution in [3.8, 4) is 17.2 Å². The Kier molecular flexibility index (Phi) is 12.4. The Morgan fingerprint density at radius 3 is 0.889 bits per heavy atom. The second-order valence-corrected chi connectivity index (χ2v) is 10.7. The molecular weight excluding hydrogens is 570 g/mol. The molecule has 0 saturated carbocycles. The van der Waals surface area contributed by atoms with Gasteiger partial charge in [0.2, 0.25) is 0 Å². The zero-order valence-electron chi connectivity index (χ0n) is 24.9. The van der Waals surface area contributed by atoms with Crippen molar-refractivity contribution in [2.45, 2.75) is 37.4 Å². The number of aromatic hydroxyl groups is 3. The molecule has 9 heteroatoms. The molecule has 0 amide bonds. The molecule has 45 heavy (non-hydrogen) atoms. The lowest BCUT2D eigenvalue weighted by Crippen LogP contribution is -2.15. The number of hydrogen-bond acceptors (Lipinski definition) is 9. The number of aliphatic hydroxyl groups is 3. The van der Waals surface area contributed by atoms with E-state index in [1.807, 2.05) is 91.0 Å². The molecule has 0 radical (unpaired) electrons. The third-order valence-electron chi connectivity index (χ3n) is 7.35. The Labute approximate surface area is 262 Å². The number of aliphatic imine (C=N–C) groups is 3. The molecular formula is C36H39N3O6. The van der Waals surface area contributed by atoms with E-state index in [9.17, 15) is 30.6 Å². The fourth-order valence-electron chi connectivity index (χ4n) is 4.83. The average Bonchev–Trinajstić information content (AvgIpc) is 3.07. The topological polar surface area (TPSA) is 158 Å². The van der Waals surface area contributed by atoms with Crippen LogP contribution in [0.1, 0.15) is 33.4 Å². The van der Waals surface area contributed by atoms with Crippen molar-refractivity contribution < 1.29 is 30.6 Å². The molecule has 4 rings (SSSR count). The molecule has 0 saturated heterocycles. The van der Waals surface area contributed by atoms with E-state index in [2.05, 4.69) is 15.0 Å². The maximum absolute atomic E-state index is 11.2. The van der Waals surface area contributed by atoms with Crippen molar-refractivity contribution in [1.82, 2.24) is 0 Å². The van der Waals surface area contributed by atoms with Gasteiger partial charge in [0.25, 0.3) is 0 Å².